The van der Waals surface area contributed by atoms with Gasteiger partial charge in [-0.05, 0) is 37.3 Å². The molecule has 0 bridgehead atoms. The van der Waals surface area contributed by atoms with E-state index in [2.05, 4.69) is 5.32 Å². The molecule has 0 aliphatic heterocycles. The van der Waals surface area contributed by atoms with E-state index in [4.69, 9.17) is 21.1 Å². The third kappa shape index (κ3) is 3.52. The Hall–Kier alpha value is -2.20. The van der Waals surface area contributed by atoms with Gasteiger partial charge in [0.1, 0.15) is 11.5 Å². The molecule has 1 N–H and O–H groups in total. The number of carbonyl (C=O) groups excluding carboxylic acids is 1. The van der Waals surface area contributed by atoms with Crippen LogP contribution in [0, 0.1) is 0 Å². The van der Waals surface area contributed by atoms with Crippen molar-refractivity contribution >= 4 is 17.5 Å². The van der Waals surface area contributed by atoms with E-state index >= 15 is 0 Å². The van der Waals surface area contributed by atoms with Crippen molar-refractivity contribution in [1.29, 1.82) is 0 Å². The summed E-state index contributed by atoms with van der Waals surface area (Å²) < 4.78 is 10.6. The number of hydrogen-bond donors (Lipinski definition) is 1. The fraction of sp³-hybridized carbons (Fsp3) is 0.235. The minimum atomic E-state index is -0.256. The maximum atomic E-state index is 12.3. The van der Waals surface area contributed by atoms with E-state index in [1.807, 2.05) is 25.1 Å². The molecule has 0 aliphatic rings. The van der Waals surface area contributed by atoms with E-state index in [1.54, 1.807) is 38.5 Å². The molecule has 0 fully saturated rings. The highest BCUT2D eigenvalue weighted by atomic mass is 35.5. The van der Waals surface area contributed by atoms with Crippen molar-refractivity contribution in [2.24, 2.45) is 0 Å². The molecule has 22 heavy (non-hydrogen) atoms. The minimum absolute atomic E-state index is 0.233. The summed E-state index contributed by atoms with van der Waals surface area (Å²) >= 11 is 6.05. The number of ether oxygens (including phenoxy) is 2. The van der Waals surface area contributed by atoms with Crippen molar-refractivity contribution in [1.82, 2.24) is 5.32 Å². The van der Waals surface area contributed by atoms with Gasteiger partial charge >= 0.3 is 0 Å². The van der Waals surface area contributed by atoms with E-state index < -0.39 is 0 Å². The van der Waals surface area contributed by atoms with Gasteiger partial charge < -0.3 is 14.8 Å². The van der Waals surface area contributed by atoms with Gasteiger partial charge in [-0.1, -0.05) is 23.7 Å². The minimum Gasteiger partial charge on any atom is -0.497 e. The van der Waals surface area contributed by atoms with Gasteiger partial charge in [0.15, 0.2) is 0 Å². The number of halogens is 1. The molecule has 1 atom stereocenters. The molecule has 1 amide bonds. The van der Waals surface area contributed by atoms with Crippen LogP contribution in [0.4, 0.5) is 0 Å². The van der Waals surface area contributed by atoms with Crippen molar-refractivity contribution in [3.63, 3.8) is 0 Å². The van der Waals surface area contributed by atoms with Gasteiger partial charge in [0, 0.05) is 5.56 Å². The Morgan fingerprint density at radius 1 is 1.14 bits per heavy atom. The number of rotatable bonds is 5. The van der Waals surface area contributed by atoms with E-state index in [1.165, 1.54) is 0 Å². The number of carbonyl (C=O) groups is 1. The van der Waals surface area contributed by atoms with Gasteiger partial charge in [-0.3, -0.25) is 4.79 Å². The van der Waals surface area contributed by atoms with Crippen LogP contribution in [0.5, 0.6) is 11.5 Å². The van der Waals surface area contributed by atoms with E-state index in [-0.39, 0.29) is 11.9 Å². The lowest BCUT2D eigenvalue weighted by Gasteiger charge is -2.18. The second-order valence-corrected chi connectivity index (χ2v) is 5.19. The second kappa shape index (κ2) is 7.18. The zero-order chi connectivity index (χ0) is 16.1. The van der Waals surface area contributed by atoms with Crippen LogP contribution >= 0.6 is 11.6 Å². The van der Waals surface area contributed by atoms with Crippen LogP contribution in [0.3, 0.4) is 0 Å². The summed E-state index contributed by atoms with van der Waals surface area (Å²) in [6, 6.07) is 12.1. The Morgan fingerprint density at radius 3 is 2.50 bits per heavy atom. The Labute approximate surface area is 135 Å². The highest BCUT2D eigenvalue weighted by Crippen LogP contribution is 2.29. The van der Waals surface area contributed by atoms with Crippen LogP contribution in [0.25, 0.3) is 0 Å². The molecule has 0 saturated heterocycles. The summed E-state index contributed by atoms with van der Waals surface area (Å²) in [5, 5.41) is 3.34. The van der Waals surface area contributed by atoms with E-state index in [9.17, 15) is 4.79 Å². The van der Waals surface area contributed by atoms with Gasteiger partial charge in [-0.2, -0.15) is 0 Å². The van der Waals surface area contributed by atoms with Gasteiger partial charge in [-0.25, -0.2) is 0 Å². The van der Waals surface area contributed by atoms with Crippen LogP contribution in [-0.4, -0.2) is 20.1 Å². The molecule has 0 aromatic heterocycles. The number of hydrogen-bond acceptors (Lipinski definition) is 3. The number of methoxy groups -OCH3 is 2. The molecule has 2 rings (SSSR count). The molecule has 0 aliphatic carbocycles. The second-order valence-electron chi connectivity index (χ2n) is 4.78. The fourth-order valence-corrected chi connectivity index (χ4v) is 2.40. The highest BCUT2D eigenvalue weighted by molar-refractivity contribution is 6.33. The summed E-state index contributed by atoms with van der Waals surface area (Å²) in [6.45, 7) is 1.88. The van der Waals surface area contributed by atoms with E-state index in [0.29, 0.717) is 22.1 Å². The van der Waals surface area contributed by atoms with Crippen molar-refractivity contribution in [2.75, 3.05) is 14.2 Å². The zero-order valence-corrected chi connectivity index (χ0v) is 13.5. The van der Waals surface area contributed by atoms with Crippen LogP contribution in [0.15, 0.2) is 42.5 Å². The first-order valence-corrected chi connectivity index (χ1v) is 7.22. The molecule has 0 spiro atoms. The summed E-state index contributed by atoms with van der Waals surface area (Å²) in [5.41, 5.74) is 1.28. The fourth-order valence-electron chi connectivity index (χ4n) is 2.18. The number of benzene rings is 2. The van der Waals surface area contributed by atoms with Crippen LogP contribution in [0.1, 0.15) is 28.9 Å². The van der Waals surface area contributed by atoms with Gasteiger partial charge in [-0.15, -0.1) is 0 Å². The standard InChI is InChI=1S/C17H18ClNO3/c1-11(14-10-12(21-2)8-9-16(14)22-3)19-17(20)13-6-4-5-7-15(13)18/h4-11H,1-3H3,(H,19,20)/t11-/m0/s1. The van der Waals surface area contributed by atoms with Gasteiger partial charge in [0.05, 0.1) is 30.8 Å². The van der Waals surface area contributed by atoms with Crippen LogP contribution in [0.2, 0.25) is 5.02 Å². The Balaban J connectivity index is 2.23. The number of nitrogens with one attached hydrogen (secondary N) is 1. The van der Waals surface area contributed by atoms with Crippen molar-refractivity contribution in [3.05, 3.63) is 58.6 Å². The van der Waals surface area contributed by atoms with Crippen molar-refractivity contribution in [2.45, 2.75) is 13.0 Å². The Kier molecular flexibility index (Phi) is 5.28. The summed E-state index contributed by atoms with van der Waals surface area (Å²) in [6.07, 6.45) is 0. The Morgan fingerprint density at radius 2 is 1.86 bits per heavy atom. The molecular formula is C17H18ClNO3. The lowest BCUT2D eigenvalue weighted by Crippen LogP contribution is -2.27. The molecule has 0 unspecified atom stereocenters. The first-order chi connectivity index (χ1) is 10.6. The molecular weight excluding hydrogens is 302 g/mol. The molecule has 116 valence electrons. The van der Waals surface area contributed by atoms with E-state index in [0.717, 1.165) is 5.56 Å². The lowest BCUT2D eigenvalue weighted by atomic mass is 10.1. The molecule has 0 heterocycles. The summed E-state index contributed by atoms with van der Waals surface area (Å²) in [5.74, 6) is 1.16. The smallest absolute Gasteiger partial charge is 0.253 e. The summed E-state index contributed by atoms with van der Waals surface area (Å²) in [7, 11) is 3.19. The quantitative estimate of drug-likeness (QED) is 0.910. The monoisotopic (exact) mass is 319 g/mol. The van der Waals surface area contributed by atoms with Crippen LogP contribution < -0.4 is 14.8 Å². The number of amides is 1. The SMILES string of the molecule is COc1ccc(OC)c([C@H](C)NC(=O)c2ccccc2Cl)c1. The largest absolute Gasteiger partial charge is 0.497 e. The van der Waals surface area contributed by atoms with Gasteiger partial charge in [0.2, 0.25) is 0 Å². The predicted molar refractivity (Wildman–Crippen MR) is 86.9 cm³/mol. The molecule has 4 nitrogen and oxygen atoms in total. The molecule has 0 saturated carbocycles. The molecule has 2 aromatic carbocycles. The topological polar surface area (TPSA) is 47.6 Å². The highest BCUT2D eigenvalue weighted by Gasteiger charge is 2.17. The summed E-state index contributed by atoms with van der Waals surface area (Å²) in [4.78, 5) is 12.3. The van der Waals surface area contributed by atoms with Crippen LogP contribution in [-0.2, 0) is 0 Å². The Bertz CT molecular complexity index is 673. The molecule has 5 heteroatoms. The van der Waals surface area contributed by atoms with Crippen molar-refractivity contribution < 1.29 is 14.3 Å². The third-order valence-electron chi connectivity index (χ3n) is 3.37. The first-order valence-electron chi connectivity index (χ1n) is 6.84. The maximum Gasteiger partial charge on any atom is 0.253 e. The normalized spacial score (nSPS) is 11.6. The third-order valence-corrected chi connectivity index (χ3v) is 3.70. The van der Waals surface area contributed by atoms with Crippen molar-refractivity contribution in [3.8, 4) is 11.5 Å². The maximum absolute atomic E-state index is 12.3. The average Bonchev–Trinajstić information content (AvgIpc) is 2.54. The molecule has 2 aromatic rings. The first kappa shape index (κ1) is 16.2. The lowest BCUT2D eigenvalue weighted by molar-refractivity contribution is 0.0939. The zero-order valence-electron chi connectivity index (χ0n) is 12.7. The average molecular weight is 320 g/mol. The molecule has 0 radical (unpaired) electrons. The van der Waals surface area contributed by atoms with Gasteiger partial charge in [0.25, 0.3) is 5.91 Å². The predicted octanol–water partition coefficient (Wildman–Crippen LogP) is 3.85.